The predicted octanol–water partition coefficient (Wildman–Crippen LogP) is 24.4. The fourth-order valence-corrected chi connectivity index (χ4v) is 14.2. The number of phosphoric acid groups is 2. The molecule has 0 aromatic rings. The van der Waals surface area contributed by atoms with E-state index in [1.165, 1.54) is 257 Å². The van der Waals surface area contributed by atoms with Crippen molar-refractivity contribution in [2.45, 2.75) is 451 Å². The van der Waals surface area contributed by atoms with Crippen LogP contribution in [0, 0.1) is 5.92 Å². The van der Waals surface area contributed by atoms with Gasteiger partial charge in [0.2, 0.25) is 0 Å². The minimum Gasteiger partial charge on any atom is -0.462 e. The number of rotatable bonds is 81. The lowest BCUT2D eigenvalue weighted by Gasteiger charge is -2.21. The molecule has 0 bridgehead atoms. The Bertz CT molecular complexity index is 1910. The van der Waals surface area contributed by atoms with Crippen LogP contribution >= 0.6 is 15.6 Å². The molecule has 19 heteroatoms. The number of phosphoric ester groups is 2. The van der Waals surface area contributed by atoms with Crippen LogP contribution in [0.5, 0.6) is 0 Å². The van der Waals surface area contributed by atoms with Gasteiger partial charge < -0.3 is 33.8 Å². The van der Waals surface area contributed by atoms with Crippen molar-refractivity contribution >= 4 is 39.5 Å². The van der Waals surface area contributed by atoms with Gasteiger partial charge in [-0.3, -0.25) is 37.3 Å². The summed E-state index contributed by atoms with van der Waals surface area (Å²) in [5.41, 5.74) is 0. The van der Waals surface area contributed by atoms with Gasteiger partial charge in [0.15, 0.2) is 12.2 Å². The zero-order valence-electron chi connectivity index (χ0n) is 65.3. The van der Waals surface area contributed by atoms with E-state index in [1.54, 1.807) is 0 Å². The van der Waals surface area contributed by atoms with Gasteiger partial charge in [-0.1, -0.05) is 381 Å². The molecule has 0 rings (SSSR count). The number of ether oxygens (including phenoxy) is 4. The fraction of sp³-hybridized carbons (Fsp3) is 0.951. The highest BCUT2D eigenvalue weighted by Crippen LogP contribution is 2.45. The second kappa shape index (κ2) is 73.9. The molecule has 0 heterocycles. The largest absolute Gasteiger partial charge is 0.472 e. The highest BCUT2D eigenvalue weighted by atomic mass is 31.2. The summed E-state index contributed by atoms with van der Waals surface area (Å²) in [7, 11) is -9.92. The molecule has 0 aliphatic rings. The lowest BCUT2D eigenvalue weighted by Crippen LogP contribution is -2.30. The molecule has 594 valence electrons. The Kier molecular flexibility index (Phi) is 72.5. The Morgan fingerprint density at radius 3 is 0.680 bits per heavy atom. The van der Waals surface area contributed by atoms with E-state index >= 15 is 0 Å². The normalized spacial score (nSPS) is 13.8. The number of unbranched alkanes of at least 4 members (excludes halogenated alkanes) is 53. The fourth-order valence-electron chi connectivity index (χ4n) is 12.6. The first-order chi connectivity index (χ1) is 48.5. The molecule has 5 atom stereocenters. The Hall–Kier alpha value is -1.94. The standard InChI is InChI=1S/C81H158O17P2/c1-6-9-12-15-18-21-24-27-29-31-34-40-45-50-55-60-65-79(84)92-71-76(97-80(85)66-61-56-51-46-41-35-32-30-28-25-22-19-16-13-10-7-2)72-95-99(87,88)93-68-75(82)69-94-100(89,90)96-73-77(70-91-78(83)64-59-54-49-44-39-33-26-23-20-17-14-11-8-3)98-81(86)67-62-57-52-47-42-37-36-38-43-48-53-58-63-74(4)5/h74-77,82H,6-73H2,1-5H3,(H,87,88)(H,89,90)/t75-,76-,77-/m1/s1. The van der Waals surface area contributed by atoms with E-state index in [0.717, 1.165) is 95.8 Å². The molecule has 100 heavy (non-hydrogen) atoms. The van der Waals surface area contributed by atoms with Gasteiger partial charge >= 0.3 is 39.5 Å². The summed E-state index contributed by atoms with van der Waals surface area (Å²) in [4.78, 5) is 73.1. The molecule has 17 nitrogen and oxygen atoms in total. The number of carbonyl (C=O) groups is 4. The van der Waals surface area contributed by atoms with E-state index < -0.39 is 97.5 Å². The number of aliphatic hydroxyl groups is 1. The van der Waals surface area contributed by atoms with Gasteiger partial charge in [-0.25, -0.2) is 9.13 Å². The molecule has 0 saturated carbocycles. The number of hydrogen-bond acceptors (Lipinski definition) is 15. The smallest absolute Gasteiger partial charge is 0.462 e. The molecule has 0 amide bonds. The maximum absolute atomic E-state index is 13.1. The van der Waals surface area contributed by atoms with Crippen LogP contribution in [0.15, 0.2) is 0 Å². The first-order valence-corrected chi connectivity index (χ1v) is 45.1. The summed E-state index contributed by atoms with van der Waals surface area (Å²) in [6.45, 7) is 7.35. The maximum Gasteiger partial charge on any atom is 0.472 e. The van der Waals surface area contributed by atoms with Crippen molar-refractivity contribution in [3.05, 3.63) is 0 Å². The van der Waals surface area contributed by atoms with E-state index in [2.05, 4.69) is 34.6 Å². The van der Waals surface area contributed by atoms with Crippen LogP contribution in [-0.4, -0.2) is 96.7 Å². The number of carbonyl (C=O) groups excluding carboxylic acids is 4. The minimum absolute atomic E-state index is 0.108. The van der Waals surface area contributed by atoms with E-state index in [-0.39, 0.29) is 25.7 Å². The van der Waals surface area contributed by atoms with Crippen LogP contribution in [0.1, 0.15) is 433 Å². The van der Waals surface area contributed by atoms with Crippen molar-refractivity contribution in [3.8, 4) is 0 Å². The van der Waals surface area contributed by atoms with E-state index in [0.29, 0.717) is 25.7 Å². The third-order valence-corrected chi connectivity index (χ3v) is 20.9. The molecular weight excluding hydrogens is 1310 g/mol. The molecule has 0 aliphatic carbocycles. The summed E-state index contributed by atoms with van der Waals surface area (Å²) < 4.78 is 68.8. The molecule has 0 aliphatic heterocycles. The molecule has 0 aromatic carbocycles. The van der Waals surface area contributed by atoms with Gasteiger partial charge in [0.1, 0.15) is 19.3 Å². The summed E-state index contributed by atoms with van der Waals surface area (Å²) in [6, 6.07) is 0. The first kappa shape index (κ1) is 98.1. The predicted molar refractivity (Wildman–Crippen MR) is 409 cm³/mol. The van der Waals surface area contributed by atoms with Gasteiger partial charge in [-0.15, -0.1) is 0 Å². The average molecular weight is 1470 g/mol. The lowest BCUT2D eigenvalue weighted by molar-refractivity contribution is -0.161. The Balaban J connectivity index is 5.27. The maximum atomic E-state index is 13.1. The Labute approximate surface area is 613 Å². The van der Waals surface area contributed by atoms with Crippen molar-refractivity contribution in [1.29, 1.82) is 0 Å². The molecule has 0 aromatic heterocycles. The van der Waals surface area contributed by atoms with Crippen LogP contribution in [0.4, 0.5) is 0 Å². The molecule has 3 N–H and O–H groups in total. The SMILES string of the molecule is CCCCCCCCCCCCCCCCCCC(=O)OC[C@H](COP(=O)(O)OC[C@@H](O)COP(=O)(O)OC[C@@H](COC(=O)CCCCCCCCCCCCCCC)OC(=O)CCCCCCCCCCCCCCC(C)C)OC(=O)CCCCCCCCCCCCCCCCCC. The van der Waals surface area contributed by atoms with E-state index in [4.69, 9.17) is 37.0 Å². The monoisotopic (exact) mass is 1470 g/mol. The average Bonchev–Trinajstić information content (AvgIpc) is 1.01. The van der Waals surface area contributed by atoms with Crippen molar-refractivity contribution in [2.75, 3.05) is 39.6 Å². The molecule has 0 radical (unpaired) electrons. The van der Waals surface area contributed by atoms with Crippen LogP contribution in [0.3, 0.4) is 0 Å². The molecule has 2 unspecified atom stereocenters. The third-order valence-electron chi connectivity index (χ3n) is 19.0. The zero-order chi connectivity index (χ0) is 73.4. The van der Waals surface area contributed by atoms with E-state index in [1.807, 2.05) is 0 Å². The van der Waals surface area contributed by atoms with Crippen molar-refractivity contribution in [1.82, 2.24) is 0 Å². The molecule has 0 spiro atoms. The Morgan fingerprint density at radius 2 is 0.460 bits per heavy atom. The van der Waals surface area contributed by atoms with Gasteiger partial charge in [0.25, 0.3) is 0 Å². The summed E-state index contributed by atoms with van der Waals surface area (Å²) in [5.74, 6) is -1.33. The second-order valence-corrected chi connectivity index (χ2v) is 32.5. The Morgan fingerprint density at radius 1 is 0.270 bits per heavy atom. The summed E-state index contributed by atoms with van der Waals surface area (Å²) >= 11 is 0. The second-order valence-electron chi connectivity index (χ2n) is 29.6. The van der Waals surface area contributed by atoms with Crippen LogP contribution < -0.4 is 0 Å². The molecular formula is C81H158O17P2. The number of hydrogen-bond donors (Lipinski definition) is 3. The first-order valence-electron chi connectivity index (χ1n) is 42.1. The summed E-state index contributed by atoms with van der Waals surface area (Å²) in [5, 5.41) is 10.7. The van der Waals surface area contributed by atoms with Gasteiger partial charge in [-0.2, -0.15) is 0 Å². The van der Waals surface area contributed by atoms with Crippen molar-refractivity contribution < 1.29 is 80.2 Å². The van der Waals surface area contributed by atoms with Crippen LogP contribution in [0.2, 0.25) is 0 Å². The van der Waals surface area contributed by atoms with Gasteiger partial charge in [-0.05, 0) is 31.6 Å². The highest BCUT2D eigenvalue weighted by Gasteiger charge is 2.30. The topological polar surface area (TPSA) is 237 Å². The number of esters is 4. The molecule has 0 saturated heterocycles. The summed E-state index contributed by atoms with van der Waals surface area (Å²) in [6.07, 6.45) is 65.0. The molecule has 0 fully saturated rings. The van der Waals surface area contributed by atoms with Crippen molar-refractivity contribution in [3.63, 3.8) is 0 Å². The van der Waals surface area contributed by atoms with E-state index in [9.17, 15) is 43.2 Å². The lowest BCUT2D eigenvalue weighted by atomic mass is 10.0. The van der Waals surface area contributed by atoms with Crippen LogP contribution in [0.25, 0.3) is 0 Å². The van der Waals surface area contributed by atoms with Crippen LogP contribution in [-0.2, 0) is 65.4 Å². The third kappa shape index (κ3) is 74.3. The zero-order valence-corrected chi connectivity index (χ0v) is 67.1. The quantitative estimate of drug-likeness (QED) is 0.0222. The minimum atomic E-state index is -4.96. The number of aliphatic hydroxyl groups excluding tert-OH is 1. The van der Waals surface area contributed by atoms with Gasteiger partial charge in [0, 0.05) is 25.7 Å². The highest BCUT2D eigenvalue weighted by molar-refractivity contribution is 7.47. The van der Waals surface area contributed by atoms with Gasteiger partial charge in [0.05, 0.1) is 26.4 Å². The van der Waals surface area contributed by atoms with Crippen molar-refractivity contribution in [2.24, 2.45) is 5.92 Å².